The summed E-state index contributed by atoms with van der Waals surface area (Å²) in [7, 11) is 0. The van der Waals surface area contributed by atoms with Crippen molar-refractivity contribution in [1.82, 2.24) is 9.97 Å². The Labute approximate surface area is 120 Å². The van der Waals surface area contributed by atoms with Crippen molar-refractivity contribution in [3.05, 3.63) is 42.5 Å². The van der Waals surface area contributed by atoms with Crippen LogP contribution in [0.1, 0.15) is 0 Å². The second-order valence-electron chi connectivity index (χ2n) is 4.52. The summed E-state index contributed by atoms with van der Waals surface area (Å²) in [5, 5.41) is 0. The fourth-order valence-electron chi connectivity index (χ4n) is 2.12. The molecule has 0 spiro atoms. The van der Waals surface area contributed by atoms with Gasteiger partial charge in [-0.15, -0.1) is 0 Å². The highest BCUT2D eigenvalue weighted by Crippen LogP contribution is 2.37. The third-order valence-corrected chi connectivity index (χ3v) is 3.12. The van der Waals surface area contributed by atoms with Crippen molar-refractivity contribution >= 4 is 16.9 Å². The molecule has 2 aromatic carbocycles. The minimum Gasteiger partial charge on any atom is -0.454 e. The van der Waals surface area contributed by atoms with Gasteiger partial charge in [-0.1, -0.05) is 12.1 Å². The summed E-state index contributed by atoms with van der Waals surface area (Å²) in [5.41, 5.74) is 7.35. The minimum absolute atomic E-state index is 0.219. The normalized spacial score (nSPS) is 12.6. The Morgan fingerprint density at radius 1 is 0.952 bits per heavy atom. The number of hydrogen-bond acceptors (Lipinski definition) is 6. The summed E-state index contributed by atoms with van der Waals surface area (Å²) in [6.07, 6.45) is 0. The smallest absolute Gasteiger partial charge is 0.263 e. The first-order chi connectivity index (χ1) is 10.3. The first-order valence-corrected chi connectivity index (χ1v) is 6.39. The van der Waals surface area contributed by atoms with Crippen LogP contribution in [0, 0.1) is 0 Å². The van der Waals surface area contributed by atoms with Crippen LogP contribution in [0.4, 0.5) is 5.82 Å². The lowest BCUT2D eigenvalue weighted by Crippen LogP contribution is -1.99. The van der Waals surface area contributed by atoms with E-state index in [-0.39, 0.29) is 18.5 Å². The molecule has 1 aliphatic rings. The Morgan fingerprint density at radius 3 is 2.57 bits per heavy atom. The van der Waals surface area contributed by atoms with Crippen LogP contribution in [0.3, 0.4) is 0 Å². The number of aromatic nitrogens is 2. The van der Waals surface area contributed by atoms with Crippen molar-refractivity contribution in [2.75, 3.05) is 12.5 Å². The highest BCUT2D eigenvalue weighted by Gasteiger charge is 2.15. The van der Waals surface area contributed by atoms with E-state index in [9.17, 15) is 0 Å². The van der Waals surface area contributed by atoms with Gasteiger partial charge in [0.2, 0.25) is 6.79 Å². The quantitative estimate of drug-likeness (QED) is 0.778. The molecule has 3 aromatic rings. The van der Waals surface area contributed by atoms with Crippen molar-refractivity contribution in [1.29, 1.82) is 0 Å². The highest BCUT2D eigenvalue weighted by atomic mass is 16.7. The summed E-state index contributed by atoms with van der Waals surface area (Å²) in [5.74, 6) is 2.41. The molecule has 0 fully saturated rings. The van der Waals surface area contributed by atoms with Crippen LogP contribution in [0.15, 0.2) is 42.5 Å². The van der Waals surface area contributed by atoms with Gasteiger partial charge in [0.15, 0.2) is 17.3 Å². The fraction of sp³-hybridized carbons (Fsp3) is 0.0667. The number of nitrogens with two attached hydrogens (primary N) is 1. The second-order valence-corrected chi connectivity index (χ2v) is 4.52. The minimum atomic E-state index is 0.219. The second kappa shape index (κ2) is 4.52. The van der Waals surface area contributed by atoms with Crippen molar-refractivity contribution in [2.24, 2.45) is 0 Å². The van der Waals surface area contributed by atoms with Gasteiger partial charge >= 0.3 is 0 Å². The maximum absolute atomic E-state index is 5.89. The zero-order chi connectivity index (χ0) is 14.2. The third-order valence-electron chi connectivity index (χ3n) is 3.12. The lowest BCUT2D eigenvalue weighted by atomic mass is 10.3. The van der Waals surface area contributed by atoms with Gasteiger partial charge in [0.1, 0.15) is 5.75 Å². The highest BCUT2D eigenvalue weighted by molar-refractivity contribution is 5.76. The van der Waals surface area contributed by atoms with Crippen LogP contribution in [0.5, 0.6) is 23.1 Å². The lowest BCUT2D eigenvalue weighted by molar-refractivity contribution is 0.174. The van der Waals surface area contributed by atoms with Crippen LogP contribution < -0.4 is 19.9 Å². The summed E-state index contributed by atoms with van der Waals surface area (Å²) in [4.78, 5) is 8.66. The van der Waals surface area contributed by atoms with Crippen LogP contribution in [-0.2, 0) is 0 Å². The van der Waals surface area contributed by atoms with E-state index in [1.807, 2.05) is 24.3 Å². The van der Waals surface area contributed by atoms with Crippen LogP contribution >= 0.6 is 0 Å². The van der Waals surface area contributed by atoms with E-state index in [1.54, 1.807) is 18.2 Å². The molecule has 21 heavy (non-hydrogen) atoms. The van der Waals surface area contributed by atoms with Gasteiger partial charge in [-0.25, -0.2) is 9.97 Å². The molecule has 6 heteroatoms. The lowest BCUT2D eigenvalue weighted by Gasteiger charge is -2.08. The number of rotatable bonds is 2. The number of hydrogen-bond donors (Lipinski definition) is 1. The zero-order valence-corrected chi connectivity index (χ0v) is 10.9. The third kappa shape index (κ3) is 2.06. The summed E-state index contributed by atoms with van der Waals surface area (Å²) in [6, 6.07) is 12.8. The van der Waals surface area contributed by atoms with E-state index in [2.05, 4.69) is 9.97 Å². The van der Waals surface area contributed by atoms with Crippen molar-refractivity contribution < 1.29 is 14.2 Å². The van der Waals surface area contributed by atoms with E-state index >= 15 is 0 Å². The summed E-state index contributed by atoms with van der Waals surface area (Å²) < 4.78 is 16.3. The molecule has 4 rings (SSSR count). The van der Waals surface area contributed by atoms with Crippen LogP contribution in [-0.4, -0.2) is 16.8 Å². The number of benzene rings is 2. The molecule has 2 N–H and O–H groups in total. The van der Waals surface area contributed by atoms with Crippen LogP contribution in [0.2, 0.25) is 0 Å². The topological polar surface area (TPSA) is 79.5 Å². The molecule has 1 aliphatic heterocycles. The monoisotopic (exact) mass is 281 g/mol. The average molecular weight is 281 g/mol. The van der Waals surface area contributed by atoms with Gasteiger partial charge in [0, 0.05) is 6.07 Å². The maximum Gasteiger partial charge on any atom is 0.263 e. The predicted molar refractivity (Wildman–Crippen MR) is 76.6 cm³/mol. The number of nitrogen functional groups attached to an aromatic ring is 1. The fourth-order valence-corrected chi connectivity index (χ4v) is 2.12. The standard InChI is InChI=1S/C15H11N3O3/c16-14-15(18-11-4-2-1-3-10(11)17-14)21-9-5-6-12-13(7-9)20-8-19-12/h1-7H,8H2,(H2,16,17). The Morgan fingerprint density at radius 2 is 1.71 bits per heavy atom. The first kappa shape index (κ1) is 11.8. The van der Waals surface area contributed by atoms with E-state index in [0.717, 1.165) is 11.0 Å². The molecule has 0 saturated carbocycles. The van der Waals surface area contributed by atoms with Gasteiger partial charge < -0.3 is 19.9 Å². The Bertz CT molecular complexity index is 836. The number of fused-ring (bicyclic) bond motifs is 2. The molecule has 0 saturated heterocycles. The number of nitrogens with zero attached hydrogens (tertiary/aromatic N) is 2. The van der Waals surface area contributed by atoms with Gasteiger partial charge in [0.25, 0.3) is 5.88 Å². The molecule has 0 atom stereocenters. The molecular weight excluding hydrogens is 270 g/mol. The molecular formula is C15H11N3O3. The number of para-hydroxylation sites is 2. The first-order valence-electron chi connectivity index (χ1n) is 6.39. The summed E-state index contributed by atoms with van der Waals surface area (Å²) >= 11 is 0. The average Bonchev–Trinajstić information content (AvgIpc) is 2.95. The predicted octanol–water partition coefficient (Wildman–Crippen LogP) is 2.73. The van der Waals surface area contributed by atoms with E-state index in [0.29, 0.717) is 17.2 Å². The van der Waals surface area contributed by atoms with Gasteiger partial charge in [-0.3, -0.25) is 0 Å². The maximum atomic E-state index is 5.89. The van der Waals surface area contributed by atoms with Gasteiger partial charge in [-0.05, 0) is 24.3 Å². The summed E-state index contributed by atoms with van der Waals surface area (Å²) in [6.45, 7) is 0.219. The van der Waals surface area contributed by atoms with Crippen molar-refractivity contribution in [3.8, 4) is 23.1 Å². The van der Waals surface area contributed by atoms with Crippen molar-refractivity contribution in [3.63, 3.8) is 0 Å². The number of anilines is 1. The van der Waals surface area contributed by atoms with Gasteiger partial charge in [0.05, 0.1) is 11.0 Å². The van der Waals surface area contributed by atoms with E-state index in [1.165, 1.54) is 0 Å². The molecule has 0 radical (unpaired) electrons. The molecule has 0 amide bonds. The number of ether oxygens (including phenoxy) is 3. The van der Waals surface area contributed by atoms with E-state index < -0.39 is 0 Å². The van der Waals surface area contributed by atoms with E-state index in [4.69, 9.17) is 19.9 Å². The SMILES string of the molecule is Nc1nc2ccccc2nc1Oc1ccc2c(c1)OCO2. The Hall–Kier alpha value is -3.02. The molecule has 0 bridgehead atoms. The van der Waals surface area contributed by atoms with Crippen LogP contribution in [0.25, 0.3) is 11.0 Å². The van der Waals surface area contributed by atoms with Crippen molar-refractivity contribution in [2.45, 2.75) is 0 Å². The largest absolute Gasteiger partial charge is 0.454 e. The molecule has 2 heterocycles. The molecule has 6 nitrogen and oxygen atoms in total. The Kier molecular flexibility index (Phi) is 2.53. The molecule has 1 aromatic heterocycles. The molecule has 0 aliphatic carbocycles. The Balaban J connectivity index is 1.72. The molecule has 0 unspecified atom stereocenters. The molecule has 104 valence electrons. The zero-order valence-electron chi connectivity index (χ0n) is 10.9. The van der Waals surface area contributed by atoms with Gasteiger partial charge in [-0.2, -0.15) is 0 Å².